The van der Waals surface area contributed by atoms with Crippen LogP contribution in [0.5, 0.6) is 0 Å². The molecule has 2 N–H and O–H groups in total. The Morgan fingerprint density at radius 3 is 3.00 bits per heavy atom. The molecule has 14 heavy (non-hydrogen) atoms. The van der Waals surface area contributed by atoms with Gasteiger partial charge in [0, 0.05) is 17.3 Å². The quantitative estimate of drug-likeness (QED) is 0.745. The highest BCUT2D eigenvalue weighted by atomic mass is 16.5. The highest BCUT2D eigenvalue weighted by Crippen LogP contribution is 2.40. The fourth-order valence-electron chi connectivity index (χ4n) is 1.74. The second-order valence-electron chi connectivity index (χ2n) is 3.86. The maximum absolute atomic E-state index is 5.93. The molecule has 0 radical (unpaired) electrons. The fraction of sp³-hybridized carbons (Fsp3) is 0.400. The monoisotopic (exact) mass is 189 g/mol. The molecule has 0 spiro atoms. The first-order valence-corrected chi connectivity index (χ1v) is 4.78. The molecular weight excluding hydrogens is 178 g/mol. The van der Waals surface area contributed by atoms with E-state index in [1.54, 1.807) is 0 Å². The van der Waals surface area contributed by atoms with E-state index in [0.717, 1.165) is 22.5 Å². The number of nitrogen functional groups attached to an aromatic ring is 1. The van der Waals surface area contributed by atoms with Gasteiger partial charge in [0.15, 0.2) is 0 Å². The minimum atomic E-state index is 0.574. The number of hydrogen-bond donors (Lipinski definition) is 1. The molecule has 2 aromatic heterocycles. The third kappa shape index (κ3) is 0.999. The molecule has 2 heterocycles. The third-order valence-corrected chi connectivity index (χ3v) is 2.66. The van der Waals surface area contributed by atoms with E-state index in [9.17, 15) is 0 Å². The predicted molar refractivity (Wildman–Crippen MR) is 52.9 cm³/mol. The average molecular weight is 189 g/mol. The molecule has 1 aliphatic carbocycles. The SMILES string of the molecule is Cc1noc2nc(C3CC3)cc(N)c12. The number of nitrogens with two attached hydrogens (primary N) is 1. The molecule has 0 atom stereocenters. The van der Waals surface area contributed by atoms with Gasteiger partial charge in [-0.05, 0) is 25.8 Å². The van der Waals surface area contributed by atoms with E-state index in [4.69, 9.17) is 10.3 Å². The topological polar surface area (TPSA) is 64.9 Å². The van der Waals surface area contributed by atoms with Crippen LogP contribution in [0.25, 0.3) is 11.1 Å². The smallest absolute Gasteiger partial charge is 0.260 e. The van der Waals surface area contributed by atoms with Gasteiger partial charge < -0.3 is 10.3 Å². The summed E-state index contributed by atoms with van der Waals surface area (Å²) in [5.41, 5.74) is 9.09. The van der Waals surface area contributed by atoms with Crippen LogP contribution in [-0.2, 0) is 0 Å². The van der Waals surface area contributed by atoms with Gasteiger partial charge in [0.05, 0.1) is 11.1 Å². The van der Waals surface area contributed by atoms with Crippen molar-refractivity contribution < 1.29 is 4.52 Å². The van der Waals surface area contributed by atoms with Crippen molar-refractivity contribution >= 4 is 16.8 Å². The first-order valence-electron chi connectivity index (χ1n) is 4.78. The predicted octanol–water partition coefficient (Wildman–Crippen LogP) is 1.99. The second kappa shape index (κ2) is 2.47. The number of aryl methyl sites for hydroxylation is 1. The van der Waals surface area contributed by atoms with Crippen LogP contribution < -0.4 is 5.73 Å². The molecule has 0 unspecified atom stereocenters. The Morgan fingerprint density at radius 1 is 1.50 bits per heavy atom. The number of anilines is 1. The zero-order valence-corrected chi connectivity index (χ0v) is 7.95. The Bertz CT molecular complexity index is 499. The van der Waals surface area contributed by atoms with Gasteiger partial charge >= 0.3 is 0 Å². The molecule has 0 aliphatic heterocycles. The molecule has 3 rings (SSSR count). The van der Waals surface area contributed by atoms with E-state index in [-0.39, 0.29) is 0 Å². The van der Waals surface area contributed by atoms with E-state index < -0.39 is 0 Å². The maximum Gasteiger partial charge on any atom is 0.260 e. The van der Waals surface area contributed by atoms with Crippen molar-refractivity contribution in [1.82, 2.24) is 10.1 Å². The van der Waals surface area contributed by atoms with Crippen LogP contribution in [0.15, 0.2) is 10.6 Å². The summed E-state index contributed by atoms with van der Waals surface area (Å²) >= 11 is 0. The number of fused-ring (bicyclic) bond motifs is 1. The largest absolute Gasteiger partial charge is 0.398 e. The molecule has 1 saturated carbocycles. The molecule has 1 fully saturated rings. The Labute approximate surface area is 81.1 Å². The van der Waals surface area contributed by atoms with Crippen LogP contribution in [0, 0.1) is 6.92 Å². The van der Waals surface area contributed by atoms with Crippen LogP contribution in [0.3, 0.4) is 0 Å². The Balaban J connectivity index is 2.29. The van der Waals surface area contributed by atoms with Crippen molar-refractivity contribution in [2.45, 2.75) is 25.7 Å². The Morgan fingerprint density at radius 2 is 2.29 bits per heavy atom. The van der Waals surface area contributed by atoms with Gasteiger partial charge in [0.25, 0.3) is 5.71 Å². The maximum atomic E-state index is 5.93. The molecule has 0 saturated heterocycles. The standard InChI is InChI=1S/C10H11N3O/c1-5-9-7(11)4-8(6-2-3-6)12-10(9)14-13-5/h4,6H,2-3H2,1H3,(H2,11,12). The van der Waals surface area contributed by atoms with Crippen LogP contribution in [0.4, 0.5) is 5.69 Å². The molecule has 4 nitrogen and oxygen atoms in total. The minimum absolute atomic E-state index is 0.574. The van der Waals surface area contributed by atoms with E-state index >= 15 is 0 Å². The molecule has 2 aromatic rings. The summed E-state index contributed by atoms with van der Waals surface area (Å²) in [5.74, 6) is 0.590. The normalized spacial score (nSPS) is 16.4. The van der Waals surface area contributed by atoms with Crippen LogP contribution in [0.1, 0.15) is 30.1 Å². The highest BCUT2D eigenvalue weighted by molar-refractivity contribution is 5.88. The first-order chi connectivity index (χ1) is 6.75. The summed E-state index contributed by atoms with van der Waals surface area (Å²) in [6, 6.07) is 1.95. The van der Waals surface area contributed by atoms with Crippen molar-refractivity contribution in [2.75, 3.05) is 5.73 Å². The van der Waals surface area contributed by atoms with Gasteiger partial charge in [-0.2, -0.15) is 0 Å². The van der Waals surface area contributed by atoms with E-state index in [1.165, 1.54) is 12.8 Å². The van der Waals surface area contributed by atoms with E-state index in [1.807, 2.05) is 13.0 Å². The lowest BCUT2D eigenvalue weighted by atomic mass is 10.2. The number of rotatable bonds is 1. The zero-order chi connectivity index (χ0) is 9.71. The number of aromatic nitrogens is 2. The van der Waals surface area contributed by atoms with Crippen LogP contribution in [-0.4, -0.2) is 10.1 Å². The van der Waals surface area contributed by atoms with Crippen molar-refractivity contribution in [2.24, 2.45) is 0 Å². The first kappa shape index (κ1) is 7.79. The minimum Gasteiger partial charge on any atom is -0.398 e. The molecule has 0 amide bonds. The van der Waals surface area contributed by atoms with Crippen LogP contribution in [0.2, 0.25) is 0 Å². The lowest BCUT2D eigenvalue weighted by Crippen LogP contribution is -1.93. The van der Waals surface area contributed by atoms with Crippen molar-refractivity contribution in [1.29, 1.82) is 0 Å². The number of hydrogen-bond acceptors (Lipinski definition) is 4. The lowest BCUT2D eigenvalue weighted by Gasteiger charge is -1.99. The molecule has 72 valence electrons. The van der Waals surface area contributed by atoms with Crippen molar-refractivity contribution in [3.05, 3.63) is 17.5 Å². The summed E-state index contributed by atoms with van der Waals surface area (Å²) in [6.45, 7) is 1.88. The summed E-state index contributed by atoms with van der Waals surface area (Å²) in [5, 5.41) is 4.72. The van der Waals surface area contributed by atoms with Gasteiger partial charge in [0.1, 0.15) is 0 Å². The van der Waals surface area contributed by atoms with Gasteiger partial charge in [-0.3, -0.25) is 0 Å². The second-order valence-corrected chi connectivity index (χ2v) is 3.86. The van der Waals surface area contributed by atoms with Gasteiger partial charge in [-0.15, -0.1) is 0 Å². The molecular formula is C10H11N3O. The van der Waals surface area contributed by atoms with Gasteiger partial charge in [-0.1, -0.05) is 5.16 Å². The van der Waals surface area contributed by atoms with E-state index in [0.29, 0.717) is 11.6 Å². The third-order valence-electron chi connectivity index (χ3n) is 2.66. The molecule has 4 heteroatoms. The molecule has 1 aliphatic rings. The fourth-order valence-corrected chi connectivity index (χ4v) is 1.74. The summed E-state index contributed by atoms with van der Waals surface area (Å²) in [4.78, 5) is 4.41. The van der Waals surface area contributed by atoms with Crippen molar-refractivity contribution in [3.63, 3.8) is 0 Å². The number of nitrogens with zero attached hydrogens (tertiary/aromatic N) is 2. The molecule has 0 aromatic carbocycles. The van der Waals surface area contributed by atoms with Crippen LogP contribution >= 0.6 is 0 Å². The van der Waals surface area contributed by atoms with Crippen molar-refractivity contribution in [3.8, 4) is 0 Å². The Kier molecular flexibility index (Phi) is 1.37. The summed E-state index contributed by atoms with van der Waals surface area (Å²) in [7, 11) is 0. The van der Waals surface area contributed by atoms with E-state index in [2.05, 4.69) is 10.1 Å². The molecule has 0 bridgehead atoms. The summed E-state index contributed by atoms with van der Waals surface area (Å²) in [6.07, 6.45) is 2.43. The van der Waals surface area contributed by atoms with Gasteiger partial charge in [-0.25, -0.2) is 4.98 Å². The number of pyridine rings is 1. The summed E-state index contributed by atoms with van der Waals surface area (Å²) < 4.78 is 5.11. The van der Waals surface area contributed by atoms with Gasteiger partial charge in [0.2, 0.25) is 0 Å². The average Bonchev–Trinajstić information content (AvgIpc) is 2.92. The zero-order valence-electron chi connectivity index (χ0n) is 7.95. The Hall–Kier alpha value is -1.58. The lowest BCUT2D eigenvalue weighted by molar-refractivity contribution is 0.442. The highest BCUT2D eigenvalue weighted by Gasteiger charge is 2.26.